The van der Waals surface area contributed by atoms with E-state index in [0.29, 0.717) is 41.1 Å². The van der Waals surface area contributed by atoms with E-state index in [-0.39, 0.29) is 23.9 Å². The number of carbonyl (C=O) groups is 2. The first-order valence-electron chi connectivity index (χ1n) is 13.1. The quantitative estimate of drug-likeness (QED) is 0.446. The molecule has 1 heterocycles. The fourth-order valence-electron chi connectivity index (χ4n) is 7.75. The van der Waals surface area contributed by atoms with Gasteiger partial charge in [0.05, 0.1) is 6.54 Å². The first-order chi connectivity index (χ1) is 16.6. The minimum atomic E-state index is -0.422. The molecule has 1 aromatic heterocycles. The van der Waals surface area contributed by atoms with Crippen molar-refractivity contribution in [2.45, 2.75) is 77.3 Å². The lowest BCUT2D eigenvalue weighted by Gasteiger charge is -2.58. The van der Waals surface area contributed by atoms with Crippen LogP contribution in [0.25, 0.3) is 4.85 Å². The molecule has 7 atom stereocenters. The zero-order valence-corrected chi connectivity index (χ0v) is 21.6. The highest BCUT2D eigenvalue weighted by Gasteiger charge is 2.64. The summed E-state index contributed by atoms with van der Waals surface area (Å²) in [6.07, 6.45) is 9.35. The summed E-state index contributed by atoms with van der Waals surface area (Å²) in [5.41, 5.74) is 1.12. The van der Waals surface area contributed by atoms with Crippen LogP contribution in [0.3, 0.4) is 0 Å². The van der Waals surface area contributed by atoms with Gasteiger partial charge in [0.25, 0.3) is 5.91 Å². The second kappa shape index (κ2) is 9.76. The van der Waals surface area contributed by atoms with Crippen LogP contribution in [0.2, 0.25) is 0 Å². The lowest BCUT2D eigenvalue weighted by atomic mass is 9.45. The molecule has 0 saturated heterocycles. The molecule has 2 amide bonds. The van der Waals surface area contributed by atoms with Gasteiger partial charge in [0.15, 0.2) is 0 Å². The van der Waals surface area contributed by atoms with Crippen molar-refractivity contribution >= 4 is 11.8 Å². The summed E-state index contributed by atoms with van der Waals surface area (Å²) in [4.78, 5) is 33.3. The predicted molar refractivity (Wildman–Crippen MR) is 137 cm³/mol. The number of rotatable bonds is 6. The van der Waals surface area contributed by atoms with Crippen molar-refractivity contribution in [1.82, 2.24) is 15.6 Å². The van der Waals surface area contributed by atoms with E-state index in [0.717, 1.165) is 32.1 Å². The Morgan fingerprint density at radius 2 is 1.97 bits per heavy atom. The zero-order chi connectivity index (χ0) is 25.4. The monoisotopic (exact) mass is 476 g/mol. The highest BCUT2D eigenvalue weighted by molar-refractivity contribution is 5.96. The van der Waals surface area contributed by atoms with E-state index in [1.807, 2.05) is 0 Å². The lowest BCUT2D eigenvalue weighted by molar-refractivity contribution is -0.122. The van der Waals surface area contributed by atoms with Crippen molar-refractivity contribution in [3.8, 4) is 0 Å². The second-order valence-electron chi connectivity index (χ2n) is 12.0. The molecule has 3 saturated carbocycles. The van der Waals surface area contributed by atoms with Gasteiger partial charge in [-0.2, -0.15) is 0 Å². The van der Waals surface area contributed by atoms with Gasteiger partial charge in [0, 0.05) is 41.8 Å². The maximum Gasteiger partial charge on any atom is 0.251 e. The first kappa shape index (κ1) is 25.4. The number of hydrogen-bond acceptors (Lipinski definition) is 3. The molecule has 35 heavy (non-hydrogen) atoms. The topological polar surface area (TPSA) is 75.5 Å². The van der Waals surface area contributed by atoms with E-state index in [2.05, 4.69) is 54.7 Å². The van der Waals surface area contributed by atoms with Crippen molar-refractivity contribution in [1.29, 1.82) is 0 Å². The van der Waals surface area contributed by atoms with E-state index < -0.39 is 5.54 Å². The molecule has 3 aliphatic rings. The Morgan fingerprint density at radius 3 is 2.66 bits per heavy atom. The molecular formula is C29H40N4O2. The Labute approximate surface area is 210 Å². The number of pyridine rings is 1. The number of nitrogens with zero attached hydrogens (tertiary/aromatic N) is 2. The van der Waals surface area contributed by atoms with Crippen LogP contribution in [-0.4, -0.2) is 34.4 Å². The molecule has 1 aromatic rings. The summed E-state index contributed by atoms with van der Waals surface area (Å²) < 4.78 is 0. The average molecular weight is 477 g/mol. The molecule has 0 radical (unpaired) electrons. The van der Waals surface area contributed by atoms with Gasteiger partial charge in [-0.15, -0.1) is 0 Å². The van der Waals surface area contributed by atoms with E-state index >= 15 is 0 Å². The standard InChI is InChI=1S/C29H40N4O2/c1-18-9-12-29(30-6)20(3)7-8-23-19(2)15-22(25(18)26(23)29)16-28(4,5)33-24(34)17-32-27(35)21-10-13-31-14-11-21/h10-11,13-14,19-20,22-23,25-26H,1,7-9,12,15-17H2,2-5H3,(H,32,35)(H,33,34)/t19-,20-,22-,23+,25-,26-,29-/m0/s1. The van der Waals surface area contributed by atoms with Gasteiger partial charge >= 0.3 is 0 Å². The number of hydrogen-bond donors (Lipinski definition) is 2. The normalized spacial score (nSPS) is 34.3. The maximum atomic E-state index is 12.8. The molecule has 3 aliphatic carbocycles. The second-order valence-corrected chi connectivity index (χ2v) is 12.0. The third-order valence-corrected chi connectivity index (χ3v) is 9.25. The number of allylic oxidation sites excluding steroid dienone is 1. The van der Waals surface area contributed by atoms with Gasteiger partial charge in [-0.3, -0.25) is 14.6 Å². The van der Waals surface area contributed by atoms with Crippen LogP contribution in [0.4, 0.5) is 0 Å². The van der Waals surface area contributed by atoms with Gasteiger partial charge in [0.2, 0.25) is 11.4 Å². The van der Waals surface area contributed by atoms with Crippen LogP contribution in [-0.2, 0) is 4.79 Å². The van der Waals surface area contributed by atoms with Gasteiger partial charge in [0.1, 0.15) is 0 Å². The molecule has 4 rings (SSSR count). The summed E-state index contributed by atoms with van der Waals surface area (Å²) in [5, 5.41) is 5.86. The fraction of sp³-hybridized carbons (Fsp3) is 0.655. The Balaban J connectivity index is 1.44. The van der Waals surface area contributed by atoms with Gasteiger partial charge < -0.3 is 15.5 Å². The summed E-state index contributed by atoms with van der Waals surface area (Å²) in [6, 6.07) is 3.25. The van der Waals surface area contributed by atoms with E-state index in [9.17, 15) is 9.59 Å². The Bertz CT molecular complexity index is 1010. The minimum Gasteiger partial charge on any atom is -0.350 e. The molecule has 6 heteroatoms. The number of aromatic nitrogens is 1. The van der Waals surface area contributed by atoms with Crippen molar-refractivity contribution in [3.05, 3.63) is 53.7 Å². The van der Waals surface area contributed by atoms with Crippen molar-refractivity contribution in [3.63, 3.8) is 0 Å². The summed E-state index contributed by atoms with van der Waals surface area (Å²) in [5.74, 6) is 2.25. The van der Waals surface area contributed by atoms with Crippen LogP contribution >= 0.6 is 0 Å². The first-order valence-corrected chi connectivity index (χ1v) is 13.1. The Morgan fingerprint density at radius 1 is 1.26 bits per heavy atom. The highest BCUT2D eigenvalue weighted by atomic mass is 16.2. The zero-order valence-electron chi connectivity index (χ0n) is 21.6. The van der Waals surface area contributed by atoms with Crippen LogP contribution in [0.15, 0.2) is 36.7 Å². The minimum absolute atomic E-state index is 0.0646. The molecule has 188 valence electrons. The molecule has 0 bridgehead atoms. The number of nitrogens with one attached hydrogen (secondary N) is 2. The average Bonchev–Trinajstić information content (AvgIpc) is 2.82. The van der Waals surface area contributed by atoms with E-state index in [4.69, 9.17) is 6.57 Å². The van der Waals surface area contributed by atoms with Crippen molar-refractivity contribution < 1.29 is 9.59 Å². The Hall–Kier alpha value is -2.68. The molecule has 2 N–H and O–H groups in total. The molecule has 3 fully saturated rings. The third-order valence-electron chi connectivity index (χ3n) is 9.25. The number of carbonyl (C=O) groups excluding carboxylic acids is 2. The maximum absolute atomic E-state index is 12.8. The fourth-order valence-corrected chi connectivity index (χ4v) is 7.75. The van der Waals surface area contributed by atoms with E-state index in [1.165, 1.54) is 12.0 Å². The molecule has 0 spiro atoms. The van der Waals surface area contributed by atoms with Crippen molar-refractivity contribution in [2.24, 2.45) is 35.5 Å². The van der Waals surface area contributed by atoms with E-state index in [1.54, 1.807) is 24.5 Å². The van der Waals surface area contributed by atoms with Gasteiger partial charge in [-0.05, 0) is 81.8 Å². The smallest absolute Gasteiger partial charge is 0.251 e. The predicted octanol–water partition coefficient (Wildman–Crippen LogP) is 5.04. The largest absolute Gasteiger partial charge is 0.350 e. The van der Waals surface area contributed by atoms with Gasteiger partial charge in [-0.1, -0.05) is 26.0 Å². The third kappa shape index (κ3) is 4.87. The lowest BCUT2D eigenvalue weighted by Crippen LogP contribution is -2.60. The SMILES string of the molecule is [C-]#[N+][C@@]12CCC(=C)[C@H]3[C@H](CC(C)(C)NC(=O)CNC(=O)c4ccncc4)C[C@H](C)[C@@H](CC[C@@H]1C)[C@@H]32. The Kier molecular flexibility index (Phi) is 7.09. The molecule has 0 aromatic carbocycles. The van der Waals surface area contributed by atoms with Crippen LogP contribution in [0.1, 0.15) is 76.6 Å². The van der Waals surface area contributed by atoms with Crippen LogP contribution in [0, 0.1) is 42.1 Å². The summed E-state index contributed by atoms with van der Waals surface area (Å²) >= 11 is 0. The highest BCUT2D eigenvalue weighted by Crippen LogP contribution is 2.62. The van der Waals surface area contributed by atoms with Crippen molar-refractivity contribution in [2.75, 3.05) is 6.54 Å². The molecular weight excluding hydrogens is 436 g/mol. The number of amides is 2. The van der Waals surface area contributed by atoms with Crippen LogP contribution in [0.5, 0.6) is 0 Å². The molecule has 6 nitrogen and oxygen atoms in total. The summed E-state index contributed by atoms with van der Waals surface area (Å²) in [6.45, 7) is 21.5. The van der Waals surface area contributed by atoms with Crippen LogP contribution < -0.4 is 10.6 Å². The molecule has 0 unspecified atom stereocenters. The molecule has 0 aliphatic heterocycles. The van der Waals surface area contributed by atoms with Gasteiger partial charge in [-0.25, -0.2) is 6.57 Å². The summed E-state index contributed by atoms with van der Waals surface area (Å²) in [7, 11) is 0.